The highest BCUT2D eigenvalue weighted by atomic mass is 35.5. The summed E-state index contributed by atoms with van der Waals surface area (Å²) in [7, 11) is 3.59. The Balaban J connectivity index is 1.79. The summed E-state index contributed by atoms with van der Waals surface area (Å²) < 4.78 is 0. The van der Waals surface area contributed by atoms with Gasteiger partial charge in [-0.2, -0.15) is 0 Å². The molecule has 0 atom stereocenters. The molecule has 1 aliphatic heterocycles. The first-order valence-corrected chi connectivity index (χ1v) is 8.09. The van der Waals surface area contributed by atoms with Crippen LogP contribution >= 0.6 is 23.8 Å². The van der Waals surface area contributed by atoms with Gasteiger partial charge in [0.15, 0.2) is 11.7 Å². The van der Waals surface area contributed by atoms with E-state index in [9.17, 15) is 4.79 Å². The molecule has 1 aromatic rings. The number of halogens is 1. The Labute approximate surface area is 141 Å². The Kier molecular flexibility index (Phi) is 5.99. The molecule has 0 spiro atoms. The zero-order chi connectivity index (χ0) is 16.1. The van der Waals surface area contributed by atoms with Gasteiger partial charge in [0.25, 0.3) is 5.91 Å². The van der Waals surface area contributed by atoms with Crippen molar-refractivity contribution in [2.24, 2.45) is 0 Å². The van der Waals surface area contributed by atoms with Gasteiger partial charge in [-0.05, 0) is 36.5 Å². The van der Waals surface area contributed by atoms with Gasteiger partial charge in [-0.15, -0.1) is 0 Å². The maximum Gasteiger partial charge on any atom is 0.277 e. The molecule has 120 valence electrons. The lowest BCUT2D eigenvalue weighted by molar-refractivity contribution is -0.896. The number of likely N-dealkylation sites (N-methyl/N-ethyl adjacent to an activating group) is 1. The summed E-state index contributed by atoms with van der Waals surface area (Å²) in [5.74, 6) is 0.172. The Morgan fingerprint density at radius 2 is 1.91 bits per heavy atom. The van der Waals surface area contributed by atoms with E-state index in [4.69, 9.17) is 23.8 Å². The monoisotopic (exact) mass is 341 g/mol. The van der Waals surface area contributed by atoms with Crippen LogP contribution in [0.5, 0.6) is 0 Å². The van der Waals surface area contributed by atoms with Gasteiger partial charge in [0.1, 0.15) is 0 Å². The van der Waals surface area contributed by atoms with E-state index < -0.39 is 0 Å². The molecule has 7 heteroatoms. The van der Waals surface area contributed by atoms with E-state index in [0.29, 0.717) is 11.6 Å². The van der Waals surface area contributed by atoms with Crippen molar-refractivity contribution in [2.75, 3.05) is 52.1 Å². The minimum Gasteiger partial charge on any atom is -0.344 e. The summed E-state index contributed by atoms with van der Waals surface area (Å²) in [6.07, 6.45) is 0. The van der Waals surface area contributed by atoms with Gasteiger partial charge in [-0.25, -0.2) is 0 Å². The maximum absolute atomic E-state index is 11.7. The molecule has 1 saturated heterocycles. The molecule has 0 radical (unpaired) electrons. The zero-order valence-corrected chi connectivity index (χ0v) is 14.5. The second-order valence-electron chi connectivity index (χ2n) is 5.64. The van der Waals surface area contributed by atoms with Gasteiger partial charge in [0.2, 0.25) is 0 Å². The van der Waals surface area contributed by atoms with Crippen molar-refractivity contribution in [2.45, 2.75) is 0 Å². The molecule has 0 aliphatic carbocycles. The van der Waals surface area contributed by atoms with Crippen molar-refractivity contribution >= 4 is 40.5 Å². The first-order valence-electron chi connectivity index (χ1n) is 7.31. The number of benzene rings is 1. The van der Waals surface area contributed by atoms with Crippen molar-refractivity contribution in [3.05, 3.63) is 29.3 Å². The largest absolute Gasteiger partial charge is 0.344 e. The minimum absolute atomic E-state index is 0.172. The predicted molar refractivity (Wildman–Crippen MR) is 93.5 cm³/mol. The van der Waals surface area contributed by atoms with E-state index in [2.05, 4.69) is 10.2 Å². The van der Waals surface area contributed by atoms with Crippen molar-refractivity contribution in [3.8, 4) is 0 Å². The van der Waals surface area contributed by atoms with Gasteiger partial charge in [0.05, 0.1) is 26.2 Å². The Morgan fingerprint density at radius 1 is 1.32 bits per heavy atom. The minimum atomic E-state index is 0.172. The van der Waals surface area contributed by atoms with E-state index in [1.54, 1.807) is 19.0 Å². The van der Waals surface area contributed by atoms with Crippen LogP contribution in [0.3, 0.4) is 0 Å². The predicted octanol–water partition coefficient (Wildman–Crippen LogP) is 0.326. The van der Waals surface area contributed by atoms with Crippen LogP contribution in [0.1, 0.15) is 0 Å². The number of nitrogens with one attached hydrogen (secondary N) is 2. The molecular formula is C15H22ClN4OS+. The molecule has 1 amide bonds. The molecule has 0 saturated carbocycles. The number of thiocarbonyl (C=S) groups is 1. The number of piperazine rings is 1. The van der Waals surface area contributed by atoms with Crippen LogP contribution in [0.25, 0.3) is 0 Å². The fourth-order valence-corrected chi connectivity index (χ4v) is 2.74. The second-order valence-corrected chi connectivity index (χ2v) is 6.46. The highest BCUT2D eigenvalue weighted by Crippen LogP contribution is 2.14. The van der Waals surface area contributed by atoms with Crippen LogP contribution < -0.4 is 10.2 Å². The summed E-state index contributed by atoms with van der Waals surface area (Å²) in [4.78, 5) is 16.8. The molecule has 1 aromatic carbocycles. The second kappa shape index (κ2) is 7.76. The smallest absolute Gasteiger partial charge is 0.277 e. The quantitative estimate of drug-likeness (QED) is 0.777. The van der Waals surface area contributed by atoms with Crippen LogP contribution in [0, 0.1) is 0 Å². The van der Waals surface area contributed by atoms with Gasteiger partial charge in [0, 0.05) is 24.8 Å². The number of quaternary nitrogens is 1. The van der Waals surface area contributed by atoms with Gasteiger partial charge in [-0.3, -0.25) is 4.79 Å². The third kappa shape index (κ3) is 4.83. The third-order valence-electron chi connectivity index (χ3n) is 3.75. The fraction of sp³-hybridized carbons (Fsp3) is 0.467. The van der Waals surface area contributed by atoms with Crippen LogP contribution in [0.15, 0.2) is 24.3 Å². The van der Waals surface area contributed by atoms with E-state index in [-0.39, 0.29) is 5.91 Å². The highest BCUT2D eigenvalue weighted by molar-refractivity contribution is 7.80. The molecule has 0 unspecified atom stereocenters. The lowest BCUT2D eigenvalue weighted by Gasteiger charge is -2.33. The van der Waals surface area contributed by atoms with Crippen molar-refractivity contribution in [1.82, 2.24) is 9.80 Å². The standard InChI is InChI=1S/C15H21ClN4OS/c1-18(2)14(21)11-19-7-9-20(10-8-19)15(22)17-13-5-3-12(16)4-6-13/h3-6H,7-11H2,1-2H3,(H,17,22)/p+1. The number of nitrogens with zero attached hydrogens (tertiary/aromatic N) is 2. The summed E-state index contributed by atoms with van der Waals surface area (Å²) in [5, 5.41) is 4.66. The Morgan fingerprint density at radius 3 is 2.45 bits per heavy atom. The zero-order valence-electron chi connectivity index (χ0n) is 12.9. The molecule has 1 heterocycles. The summed E-state index contributed by atoms with van der Waals surface area (Å²) >= 11 is 11.3. The average molecular weight is 342 g/mol. The van der Waals surface area contributed by atoms with E-state index in [1.807, 2.05) is 24.3 Å². The van der Waals surface area contributed by atoms with E-state index in [1.165, 1.54) is 4.90 Å². The van der Waals surface area contributed by atoms with Crippen molar-refractivity contribution in [1.29, 1.82) is 0 Å². The first kappa shape index (κ1) is 17.0. The fourth-order valence-electron chi connectivity index (χ4n) is 2.31. The average Bonchev–Trinajstić information content (AvgIpc) is 2.50. The number of carbonyl (C=O) groups excluding carboxylic acids is 1. The van der Waals surface area contributed by atoms with Crippen LogP contribution in [-0.4, -0.2) is 67.6 Å². The Hall–Kier alpha value is -1.37. The summed E-state index contributed by atoms with van der Waals surface area (Å²) in [6, 6.07) is 7.49. The topological polar surface area (TPSA) is 40.0 Å². The van der Waals surface area contributed by atoms with E-state index in [0.717, 1.165) is 37.0 Å². The van der Waals surface area contributed by atoms with Gasteiger partial charge >= 0.3 is 0 Å². The summed E-state index contributed by atoms with van der Waals surface area (Å²) in [5.41, 5.74) is 0.937. The lowest BCUT2D eigenvalue weighted by atomic mass is 10.3. The molecule has 2 rings (SSSR count). The van der Waals surface area contributed by atoms with Gasteiger partial charge in [-0.1, -0.05) is 11.6 Å². The maximum atomic E-state index is 11.7. The van der Waals surface area contributed by atoms with Crippen LogP contribution in [0.2, 0.25) is 5.02 Å². The lowest BCUT2D eigenvalue weighted by Crippen LogP contribution is -3.15. The van der Waals surface area contributed by atoms with Crippen LogP contribution in [-0.2, 0) is 4.79 Å². The Bertz CT molecular complexity index is 527. The molecule has 22 heavy (non-hydrogen) atoms. The van der Waals surface area contributed by atoms with Crippen LogP contribution in [0.4, 0.5) is 5.69 Å². The van der Waals surface area contributed by atoms with Crippen molar-refractivity contribution in [3.63, 3.8) is 0 Å². The number of hydrogen-bond acceptors (Lipinski definition) is 2. The number of hydrogen-bond donors (Lipinski definition) is 2. The number of anilines is 1. The van der Waals surface area contributed by atoms with Crippen molar-refractivity contribution < 1.29 is 9.69 Å². The number of amides is 1. The SMILES string of the molecule is CN(C)C(=O)C[NH+]1CCN(C(=S)Nc2ccc(Cl)cc2)CC1. The molecular weight excluding hydrogens is 320 g/mol. The molecule has 0 bridgehead atoms. The normalized spacial score (nSPS) is 15.5. The number of rotatable bonds is 3. The molecule has 1 aliphatic rings. The molecule has 5 nitrogen and oxygen atoms in total. The number of carbonyl (C=O) groups is 1. The molecule has 0 aromatic heterocycles. The highest BCUT2D eigenvalue weighted by Gasteiger charge is 2.24. The summed E-state index contributed by atoms with van der Waals surface area (Å²) in [6.45, 7) is 4.10. The molecule has 2 N–H and O–H groups in total. The van der Waals surface area contributed by atoms with E-state index >= 15 is 0 Å². The first-order chi connectivity index (χ1) is 10.5. The third-order valence-corrected chi connectivity index (χ3v) is 4.37. The van der Waals surface area contributed by atoms with Gasteiger partial charge < -0.3 is 20.0 Å². The molecule has 1 fully saturated rings.